The fourth-order valence-corrected chi connectivity index (χ4v) is 6.30. The second-order valence-corrected chi connectivity index (χ2v) is 12.3. The van der Waals surface area contributed by atoms with Gasteiger partial charge in [-0.2, -0.15) is 0 Å². The van der Waals surface area contributed by atoms with Crippen molar-refractivity contribution in [3.8, 4) is 11.5 Å². The molecule has 1 saturated carbocycles. The lowest BCUT2D eigenvalue weighted by Crippen LogP contribution is -2.52. The molecule has 3 aromatic heterocycles. The number of pyridine rings is 2. The summed E-state index contributed by atoms with van der Waals surface area (Å²) in [6, 6.07) is 10.6. The van der Waals surface area contributed by atoms with Crippen molar-refractivity contribution in [3.05, 3.63) is 59.1 Å². The van der Waals surface area contributed by atoms with Crippen LogP contribution < -0.4 is 30.3 Å². The monoisotopic (exact) mass is 664 g/mol. The van der Waals surface area contributed by atoms with E-state index in [0.717, 1.165) is 61.5 Å². The van der Waals surface area contributed by atoms with E-state index >= 15 is 0 Å². The van der Waals surface area contributed by atoms with E-state index in [0.29, 0.717) is 41.5 Å². The lowest BCUT2D eigenvalue weighted by molar-refractivity contribution is -0.0334. The average molecular weight is 665 g/mol. The first kappa shape index (κ1) is 32.6. The van der Waals surface area contributed by atoms with Crippen molar-refractivity contribution in [2.24, 2.45) is 0 Å². The molecule has 4 heterocycles. The van der Waals surface area contributed by atoms with Gasteiger partial charge in [0.05, 0.1) is 50.5 Å². The largest absolute Gasteiger partial charge is 0.497 e. The Morgan fingerprint density at radius 2 is 1.87 bits per heavy atom. The predicted octanol–water partition coefficient (Wildman–Crippen LogP) is 4.64. The van der Waals surface area contributed by atoms with Crippen molar-refractivity contribution in [3.63, 3.8) is 0 Å². The topological polar surface area (TPSA) is 142 Å². The van der Waals surface area contributed by atoms with Gasteiger partial charge in [0.15, 0.2) is 5.65 Å². The molecule has 0 bridgehead atoms. The van der Waals surface area contributed by atoms with Crippen molar-refractivity contribution in [1.29, 1.82) is 0 Å². The number of halogens is 1. The number of ether oxygens (including phenoxy) is 4. The third-order valence-corrected chi connectivity index (χ3v) is 9.13. The second kappa shape index (κ2) is 14.2. The number of imidazole rings is 1. The summed E-state index contributed by atoms with van der Waals surface area (Å²) in [4.78, 5) is 31.5. The Morgan fingerprint density at radius 1 is 1.06 bits per heavy atom. The summed E-state index contributed by atoms with van der Waals surface area (Å²) in [5, 5.41) is 3.33. The smallest absolute Gasteiger partial charge is 0.328 e. The minimum absolute atomic E-state index is 0.157. The van der Waals surface area contributed by atoms with Crippen molar-refractivity contribution in [2.75, 3.05) is 57.0 Å². The van der Waals surface area contributed by atoms with Crippen LogP contribution >= 0.6 is 11.6 Å². The van der Waals surface area contributed by atoms with Crippen LogP contribution in [0.5, 0.6) is 11.5 Å². The van der Waals surface area contributed by atoms with Crippen LogP contribution in [0.4, 0.5) is 22.0 Å². The number of fused-ring (bicyclic) bond motifs is 1. The zero-order valence-corrected chi connectivity index (χ0v) is 27.9. The zero-order chi connectivity index (χ0) is 33.1. The number of hydrogen-bond donors (Lipinski definition) is 2. The predicted molar refractivity (Wildman–Crippen MR) is 181 cm³/mol. The first-order chi connectivity index (χ1) is 22.8. The standard InChI is InChI=1S/C33H41ClN8O5/c1-40(17-20-5-6-24(45-3)15-28(20)46-4)26-16-29(34)39-32-31(26)36-19-42(32)33(43)38-25-7-8-27(25)47-18-22-13-21(35)14-30(37-22)41-11-9-23(44-2)10-12-41/h5-6,13-16,19,23,25,27H,7-12,17-18H2,1-4H3,(H2,35,37)(H,38,43)/t25-,27-/m1/s1. The molecule has 4 aromatic rings. The highest BCUT2D eigenvalue weighted by Gasteiger charge is 2.34. The van der Waals surface area contributed by atoms with E-state index in [2.05, 4.69) is 20.2 Å². The molecule has 2 aliphatic rings. The first-order valence-electron chi connectivity index (χ1n) is 15.7. The lowest BCUT2D eigenvalue weighted by Gasteiger charge is -2.36. The summed E-state index contributed by atoms with van der Waals surface area (Å²) in [6.45, 7) is 2.52. The van der Waals surface area contributed by atoms with Crippen molar-refractivity contribution in [2.45, 2.75) is 57.1 Å². The summed E-state index contributed by atoms with van der Waals surface area (Å²) in [6.07, 6.45) is 5.11. The van der Waals surface area contributed by atoms with Crippen LogP contribution in [-0.4, -0.2) is 85.3 Å². The van der Waals surface area contributed by atoms with E-state index in [1.54, 1.807) is 27.4 Å². The molecule has 6 rings (SSSR count). The van der Waals surface area contributed by atoms with Gasteiger partial charge in [0.2, 0.25) is 0 Å². The zero-order valence-electron chi connectivity index (χ0n) is 27.1. The van der Waals surface area contributed by atoms with E-state index in [9.17, 15) is 4.79 Å². The normalized spacial score (nSPS) is 18.2. The molecule has 2 fully saturated rings. The fraction of sp³-hybridized carbons (Fsp3) is 0.455. The number of nitrogens with two attached hydrogens (primary N) is 1. The third-order valence-electron chi connectivity index (χ3n) is 8.94. The van der Waals surface area contributed by atoms with Gasteiger partial charge in [-0.3, -0.25) is 0 Å². The summed E-state index contributed by atoms with van der Waals surface area (Å²) in [5.74, 6) is 2.25. The van der Waals surface area contributed by atoms with Crippen LogP contribution in [0, 0.1) is 0 Å². The Morgan fingerprint density at radius 3 is 2.57 bits per heavy atom. The molecule has 1 saturated heterocycles. The highest BCUT2D eigenvalue weighted by atomic mass is 35.5. The van der Waals surface area contributed by atoms with Crippen LogP contribution in [0.15, 0.2) is 42.7 Å². The van der Waals surface area contributed by atoms with Gasteiger partial charge in [0.1, 0.15) is 34.3 Å². The van der Waals surface area contributed by atoms with Crippen LogP contribution in [0.1, 0.15) is 36.9 Å². The number of benzene rings is 1. The number of nitrogen functional groups attached to an aromatic ring is 1. The van der Waals surface area contributed by atoms with Gasteiger partial charge in [-0.15, -0.1) is 0 Å². The van der Waals surface area contributed by atoms with Crippen LogP contribution in [-0.2, 0) is 22.6 Å². The minimum atomic E-state index is -0.352. The van der Waals surface area contributed by atoms with E-state index in [1.807, 2.05) is 42.3 Å². The van der Waals surface area contributed by atoms with Crippen molar-refractivity contribution in [1.82, 2.24) is 24.8 Å². The quantitative estimate of drug-likeness (QED) is 0.217. The minimum Gasteiger partial charge on any atom is -0.497 e. The van der Waals surface area contributed by atoms with E-state index in [4.69, 9.17) is 41.3 Å². The molecule has 0 spiro atoms. The Hall–Kier alpha value is -4.33. The first-order valence-corrected chi connectivity index (χ1v) is 16.1. The lowest BCUT2D eigenvalue weighted by atomic mass is 9.89. The summed E-state index contributed by atoms with van der Waals surface area (Å²) >= 11 is 6.46. The number of aromatic nitrogens is 4. The van der Waals surface area contributed by atoms with Gasteiger partial charge in [-0.1, -0.05) is 11.6 Å². The number of carbonyl (C=O) groups excluding carboxylic acids is 1. The number of methoxy groups -OCH3 is 3. The molecule has 1 aromatic carbocycles. The highest BCUT2D eigenvalue weighted by Crippen LogP contribution is 2.32. The molecule has 2 atom stereocenters. The Labute approximate surface area is 278 Å². The number of rotatable bonds is 11. The SMILES string of the molecule is COc1ccc(CN(C)c2cc(Cl)nc3c2ncn3C(=O)N[C@@H]2CC[C@H]2OCc2cc(N)cc(N3CCC(OC)CC3)n2)c(OC)c1. The number of carbonyl (C=O) groups is 1. The maximum absolute atomic E-state index is 13.5. The fourth-order valence-electron chi connectivity index (χ4n) is 6.11. The van der Waals surface area contributed by atoms with E-state index in [1.165, 1.54) is 10.9 Å². The van der Waals surface area contributed by atoms with Crippen LogP contribution in [0.3, 0.4) is 0 Å². The molecule has 0 unspecified atom stereocenters. The van der Waals surface area contributed by atoms with Gasteiger partial charge in [0.25, 0.3) is 0 Å². The molecule has 250 valence electrons. The molecule has 14 heteroatoms. The Balaban J connectivity index is 1.10. The van der Waals surface area contributed by atoms with Gasteiger partial charge < -0.3 is 39.8 Å². The van der Waals surface area contributed by atoms with Crippen LogP contribution in [0.25, 0.3) is 11.2 Å². The molecule has 1 aliphatic carbocycles. The molecule has 1 aliphatic heterocycles. The summed E-state index contributed by atoms with van der Waals surface area (Å²) in [5.41, 5.74) is 10.2. The molecule has 0 radical (unpaired) electrons. The molecular weight excluding hydrogens is 624 g/mol. The Bertz CT molecular complexity index is 1730. The average Bonchev–Trinajstić information content (AvgIpc) is 3.50. The number of nitrogens with zero attached hydrogens (tertiary/aromatic N) is 6. The van der Waals surface area contributed by atoms with Gasteiger partial charge >= 0.3 is 6.03 Å². The molecule has 3 N–H and O–H groups in total. The molecular formula is C33H41ClN8O5. The summed E-state index contributed by atoms with van der Waals surface area (Å²) < 4.78 is 24.0. The van der Waals surface area contributed by atoms with Gasteiger partial charge in [0, 0.05) is 63.2 Å². The van der Waals surface area contributed by atoms with Crippen molar-refractivity contribution >= 4 is 46.0 Å². The number of nitrogens with one attached hydrogen (secondary N) is 1. The molecule has 47 heavy (non-hydrogen) atoms. The number of anilines is 3. The van der Waals surface area contributed by atoms with E-state index < -0.39 is 0 Å². The maximum atomic E-state index is 13.5. The number of amides is 1. The van der Waals surface area contributed by atoms with Gasteiger partial charge in [-0.05, 0) is 43.9 Å². The highest BCUT2D eigenvalue weighted by molar-refractivity contribution is 6.30. The van der Waals surface area contributed by atoms with Crippen LogP contribution in [0.2, 0.25) is 5.15 Å². The second-order valence-electron chi connectivity index (χ2n) is 11.9. The Kier molecular flexibility index (Phi) is 9.85. The number of piperidine rings is 1. The van der Waals surface area contributed by atoms with Gasteiger partial charge in [-0.25, -0.2) is 24.3 Å². The van der Waals surface area contributed by atoms with E-state index in [-0.39, 0.29) is 29.4 Å². The molecule has 13 nitrogen and oxygen atoms in total. The molecule has 1 amide bonds. The summed E-state index contributed by atoms with van der Waals surface area (Å²) in [7, 11) is 6.92. The maximum Gasteiger partial charge on any atom is 0.328 e. The number of hydrogen-bond acceptors (Lipinski definition) is 11. The van der Waals surface area contributed by atoms with Crippen molar-refractivity contribution < 1.29 is 23.7 Å². The third kappa shape index (κ3) is 7.16.